The van der Waals surface area contributed by atoms with Crippen LogP contribution >= 0.6 is 24.0 Å². The first-order valence-electron chi connectivity index (χ1n) is 6.52. The van der Waals surface area contributed by atoms with E-state index in [2.05, 4.69) is 10.6 Å². The maximum absolute atomic E-state index is 11.5. The quantitative estimate of drug-likeness (QED) is 0.404. The summed E-state index contributed by atoms with van der Waals surface area (Å²) in [5, 5.41) is 16.8. The summed E-state index contributed by atoms with van der Waals surface area (Å²) in [6.45, 7) is 1.48. The van der Waals surface area contributed by atoms with E-state index in [-0.39, 0.29) is 47.8 Å². The average molecular weight is 352 g/mol. The molecule has 0 heterocycles. The number of carbonyl (C=O) groups excluding carboxylic acids is 1. The van der Waals surface area contributed by atoms with Crippen LogP contribution in [0.5, 0.6) is 5.75 Å². The van der Waals surface area contributed by atoms with Crippen molar-refractivity contribution in [3.8, 4) is 5.75 Å². The molecule has 0 fully saturated rings. The van der Waals surface area contributed by atoms with E-state index in [1.807, 2.05) is 7.05 Å². The molecule has 0 aliphatic carbocycles. The summed E-state index contributed by atoms with van der Waals surface area (Å²) in [4.78, 5) is 21.8. The normalized spacial score (nSPS) is 9.73. The van der Waals surface area contributed by atoms with Gasteiger partial charge in [-0.3, -0.25) is 14.9 Å². The third-order valence-electron chi connectivity index (χ3n) is 2.63. The van der Waals surface area contributed by atoms with Crippen molar-refractivity contribution < 1.29 is 14.5 Å². The number of hydrogen-bond donors (Lipinski definition) is 2. The van der Waals surface area contributed by atoms with Gasteiger partial charge in [-0.25, -0.2) is 0 Å². The highest BCUT2D eigenvalue weighted by Crippen LogP contribution is 2.29. The van der Waals surface area contributed by atoms with Gasteiger partial charge < -0.3 is 15.4 Å². The number of rotatable bonds is 9. The second-order valence-electron chi connectivity index (χ2n) is 4.27. The molecule has 7 nitrogen and oxygen atoms in total. The van der Waals surface area contributed by atoms with Gasteiger partial charge in [-0.15, -0.1) is 12.4 Å². The van der Waals surface area contributed by atoms with Crippen LogP contribution in [-0.2, 0) is 4.79 Å². The molecule has 1 aromatic rings. The lowest BCUT2D eigenvalue weighted by atomic mass is 10.3. The van der Waals surface area contributed by atoms with Gasteiger partial charge in [-0.1, -0.05) is 11.6 Å². The topological polar surface area (TPSA) is 93.5 Å². The number of hydrogen-bond acceptors (Lipinski definition) is 5. The summed E-state index contributed by atoms with van der Waals surface area (Å²) in [6, 6.07) is 4.14. The number of ether oxygens (including phenoxy) is 1. The lowest BCUT2D eigenvalue weighted by molar-refractivity contribution is -0.385. The second-order valence-corrected chi connectivity index (χ2v) is 4.71. The average Bonchev–Trinajstić information content (AvgIpc) is 2.45. The van der Waals surface area contributed by atoms with Crippen LogP contribution in [0.2, 0.25) is 5.02 Å². The first-order valence-corrected chi connectivity index (χ1v) is 6.90. The van der Waals surface area contributed by atoms with Crippen LogP contribution in [0.15, 0.2) is 18.2 Å². The lowest BCUT2D eigenvalue weighted by Gasteiger charge is -2.08. The molecule has 0 bridgehead atoms. The molecule has 2 N–H and O–H groups in total. The maximum Gasteiger partial charge on any atom is 0.312 e. The predicted octanol–water partition coefficient (Wildman–Crippen LogP) is 2.16. The molecule has 1 aromatic carbocycles. The molecule has 0 spiro atoms. The highest BCUT2D eigenvalue weighted by molar-refractivity contribution is 6.30. The van der Waals surface area contributed by atoms with Gasteiger partial charge in [0.2, 0.25) is 5.91 Å². The summed E-state index contributed by atoms with van der Waals surface area (Å²) in [7, 11) is 1.84. The van der Waals surface area contributed by atoms with E-state index in [1.165, 1.54) is 18.2 Å². The molecule has 0 unspecified atom stereocenters. The molecule has 1 rings (SSSR count). The standard InChI is InChI=1S/C13H18ClN3O4.ClH/c1-15-6-2-7-16-13(18)5-8-21-12-4-3-10(14)9-11(12)17(19)20;/h3-4,9,15H,2,5-8H2,1H3,(H,16,18);1H. The maximum atomic E-state index is 11.5. The van der Waals surface area contributed by atoms with E-state index in [0.717, 1.165) is 13.0 Å². The van der Waals surface area contributed by atoms with E-state index in [1.54, 1.807) is 0 Å². The summed E-state index contributed by atoms with van der Waals surface area (Å²) < 4.78 is 5.28. The molecule has 22 heavy (non-hydrogen) atoms. The van der Waals surface area contributed by atoms with Crippen LogP contribution in [0.3, 0.4) is 0 Å². The van der Waals surface area contributed by atoms with Gasteiger partial charge in [0.1, 0.15) is 0 Å². The molecule has 9 heteroatoms. The van der Waals surface area contributed by atoms with Crippen LogP contribution in [0.4, 0.5) is 5.69 Å². The third-order valence-corrected chi connectivity index (χ3v) is 2.87. The lowest BCUT2D eigenvalue weighted by Crippen LogP contribution is -2.27. The number of nitro benzene ring substituents is 1. The van der Waals surface area contributed by atoms with Gasteiger partial charge in [0.15, 0.2) is 5.75 Å². The number of halogens is 2. The third kappa shape index (κ3) is 7.44. The van der Waals surface area contributed by atoms with Crippen molar-refractivity contribution in [2.75, 3.05) is 26.7 Å². The summed E-state index contributed by atoms with van der Waals surface area (Å²) in [5.41, 5.74) is -0.211. The Morgan fingerprint density at radius 1 is 1.41 bits per heavy atom. The molecular formula is C13H19Cl2N3O4. The zero-order chi connectivity index (χ0) is 15.7. The highest BCUT2D eigenvalue weighted by atomic mass is 35.5. The molecule has 0 saturated carbocycles. The fourth-order valence-corrected chi connectivity index (χ4v) is 1.76. The predicted molar refractivity (Wildman–Crippen MR) is 87.0 cm³/mol. The molecule has 0 atom stereocenters. The minimum Gasteiger partial charge on any atom is -0.486 e. The molecule has 124 valence electrons. The van der Waals surface area contributed by atoms with Crippen LogP contribution in [-0.4, -0.2) is 37.6 Å². The molecule has 0 aliphatic heterocycles. The van der Waals surface area contributed by atoms with E-state index in [9.17, 15) is 14.9 Å². The Labute approximate surface area is 139 Å². The monoisotopic (exact) mass is 351 g/mol. The largest absolute Gasteiger partial charge is 0.486 e. The highest BCUT2D eigenvalue weighted by Gasteiger charge is 2.15. The van der Waals surface area contributed by atoms with Crippen molar-refractivity contribution in [2.24, 2.45) is 0 Å². The van der Waals surface area contributed by atoms with Crippen molar-refractivity contribution in [3.63, 3.8) is 0 Å². The van der Waals surface area contributed by atoms with Crippen molar-refractivity contribution in [1.82, 2.24) is 10.6 Å². The summed E-state index contributed by atoms with van der Waals surface area (Å²) in [6.07, 6.45) is 0.977. The van der Waals surface area contributed by atoms with E-state index in [4.69, 9.17) is 16.3 Å². The van der Waals surface area contributed by atoms with Crippen molar-refractivity contribution in [2.45, 2.75) is 12.8 Å². The van der Waals surface area contributed by atoms with Gasteiger partial charge in [0.05, 0.1) is 18.0 Å². The zero-order valence-corrected chi connectivity index (χ0v) is 13.7. The fraction of sp³-hybridized carbons (Fsp3) is 0.462. The minimum atomic E-state index is -0.570. The van der Waals surface area contributed by atoms with Crippen molar-refractivity contribution in [1.29, 1.82) is 0 Å². The summed E-state index contributed by atoms with van der Waals surface area (Å²) >= 11 is 5.70. The summed E-state index contributed by atoms with van der Waals surface area (Å²) in [5.74, 6) is -0.0462. The van der Waals surface area contributed by atoms with Crippen molar-refractivity contribution in [3.05, 3.63) is 33.3 Å². The number of carbonyl (C=O) groups is 1. The number of nitrogens with one attached hydrogen (secondary N) is 2. The molecule has 0 saturated heterocycles. The molecule has 0 aliphatic rings. The number of nitro groups is 1. The Bertz CT molecular complexity index is 500. The van der Waals surface area contributed by atoms with Gasteiger partial charge in [0, 0.05) is 17.6 Å². The number of nitrogens with zero attached hydrogens (tertiary/aromatic N) is 1. The van der Waals surface area contributed by atoms with E-state index < -0.39 is 4.92 Å². The molecule has 0 aromatic heterocycles. The number of amides is 1. The Kier molecular flexibility index (Phi) is 10.3. The minimum absolute atomic E-state index is 0. The van der Waals surface area contributed by atoms with Gasteiger partial charge in [-0.05, 0) is 32.1 Å². The Morgan fingerprint density at radius 2 is 2.14 bits per heavy atom. The Morgan fingerprint density at radius 3 is 2.77 bits per heavy atom. The van der Waals surface area contributed by atoms with E-state index >= 15 is 0 Å². The van der Waals surface area contributed by atoms with Crippen LogP contribution < -0.4 is 15.4 Å². The first kappa shape index (κ1) is 20.4. The Balaban J connectivity index is 0.00000441. The van der Waals surface area contributed by atoms with Crippen LogP contribution in [0.1, 0.15) is 12.8 Å². The zero-order valence-electron chi connectivity index (χ0n) is 12.1. The molecular weight excluding hydrogens is 333 g/mol. The first-order chi connectivity index (χ1) is 10.0. The van der Waals surface area contributed by atoms with Gasteiger partial charge >= 0.3 is 5.69 Å². The SMILES string of the molecule is CNCCCNC(=O)CCOc1ccc(Cl)cc1[N+](=O)[O-].Cl. The van der Waals surface area contributed by atoms with Crippen molar-refractivity contribution >= 4 is 35.6 Å². The molecule has 0 radical (unpaired) electrons. The second kappa shape index (κ2) is 11.1. The van der Waals surface area contributed by atoms with Gasteiger partial charge in [0.25, 0.3) is 0 Å². The number of benzene rings is 1. The van der Waals surface area contributed by atoms with Crippen LogP contribution in [0, 0.1) is 10.1 Å². The molecule has 1 amide bonds. The smallest absolute Gasteiger partial charge is 0.312 e. The van der Waals surface area contributed by atoms with Gasteiger partial charge in [-0.2, -0.15) is 0 Å². The Hall–Kier alpha value is -1.57. The fourth-order valence-electron chi connectivity index (χ4n) is 1.59. The van der Waals surface area contributed by atoms with Crippen LogP contribution in [0.25, 0.3) is 0 Å². The van der Waals surface area contributed by atoms with E-state index in [0.29, 0.717) is 6.54 Å².